The van der Waals surface area contributed by atoms with E-state index in [1.807, 2.05) is 20.8 Å². The third-order valence-corrected chi connectivity index (χ3v) is 1.98. The monoisotopic (exact) mass is 221 g/mol. The molecule has 4 heteroatoms. The lowest BCUT2D eigenvalue weighted by Crippen LogP contribution is -2.40. The van der Waals surface area contributed by atoms with Crippen molar-refractivity contribution in [3.8, 4) is 0 Å². The van der Waals surface area contributed by atoms with Crippen molar-refractivity contribution in [2.75, 3.05) is 19.6 Å². The van der Waals surface area contributed by atoms with E-state index in [1.165, 1.54) is 0 Å². The summed E-state index contributed by atoms with van der Waals surface area (Å²) in [5.41, 5.74) is 0.00795. The minimum absolute atomic E-state index is 0.00795. The SMILES string of the molecule is COCC(CCl)NC(=O)CC(C)(C)C. The lowest BCUT2D eigenvalue weighted by Gasteiger charge is -2.20. The first-order chi connectivity index (χ1) is 6.39. The van der Waals surface area contributed by atoms with Crippen LogP contribution in [0, 0.1) is 5.41 Å². The largest absolute Gasteiger partial charge is 0.383 e. The Morgan fingerprint density at radius 1 is 1.50 bits per heavy atom. The van der Waals surface area contributed by atoms with Crippen molar-refractivity contribution in [3.63, 3.8) is 0 Å². The number of alkyl halides is 1. The highest BCUT2D eigenvalue weighted by Gasteiger charge is 2.18. The van der Waals surface area contributed by atoms with Crippen molar-refractivity contribution in [2.24, 2.45) is 5.41 Å². The Morgan fingerprint density at radius 3 is 2.43 bits per heavy atom. The molecule has 1 unspecified atom stereocenters. The fraction of sp³-hybridized carbons (Fsp3) is 0.900. The predicted octanol–water partition coefficient (Wildman–Crippen LogP) is 1.79. The zero-order valence-corrected chi connectivity index (χ0v) is 10.1. The number of rotatable bonds is 5. The van der Waals surface area contributed by atoms with Crippen LogP contribution in [0.4, 0.5) is 0 Å². The molecule has 0 aromatic carbocycles. The Labute approximate surface area is 91.2 Å². The zero-order valence-electron chi connectivity index (χ0n) is 9.39. The molecule has 0 aromatic heterocycles. The number of nitrogens with one attached hydrogen (secondary N) is 1. The number of amides is 1. The van der Waals surface area contributed by atoms with Crippen LogP contribution in [-0.2, 0) is 9.53 Å². The average molecular weight is 222 g/mol. The van der Waals surface area contributed by atoms with Gasteiger partial charge in [0.25, 0.3) is 0 Å². The van der Waals surface area contributed by atoms with Crippen molar-refractivity contribution < 1.29 is 9.53 Å². The fourth-order valence-electron chi connectivity index (χ4n) is 1.09. The number of halogens is 1. The molecule has 14 heavy (non-hydrogen) atoms. The second-order valence-electron chi connectivity index (χ2n) is 4.61. The molecular weight excluding hydrogens is 202 g/mol. The highest BCUT2D eigenvalue weighted by molar-refractivity contribution is 6.18. The maximum absolute atomic E-state index is 11.5. The Hall–Kier alpha value is -0.280. The number of methoxy groups -OCH3 is 1. The van der Waals surface area contributed by atoms with Gasteiger partial charge in [0.15, 0.2) is 0 Å². The number of carbonyl (C=O) groups excluding carboxylic acids is 1. The van der Waals surface area contributed by atoms with E-state index in [4.69, 9.17) is 16.3 Å². The lowest BCUT2D eigenvalue weighted by molar-refractivity contribution is -0.123. The van der Waals surface area contributed by atoms with Gasteiger partial charge in [0.05, 0.1) is 12.6 Å². The third kappa shape index (κ3) is 7.15. The van der Waals surface area contributed by atoms with Gasteiger partial charge in [-0.1, -0.05) is 20.8 Å². The first kappa shape index (κ1) is 13.7. The summed E-state index contributed by atoms with van der Waals surface area (Å²) < 4.78 is 4.93. The summed E-state index contributed by atoms with van der Waals surface area (Å²) in [5.74, 6) is 0.407. The molecule has 0 rings (SSSR count). The molecule has 0 saturated carbocycles. The van der Waals surface area contributed by atoms with Crippen LogP contribution < -0.4 is 5.32 Å². The maximum atomic E-state index is 11.5. The molecule has 3 nitrogen and oxygen atoms in total. The van der Waals surface area contributed by atoms with Crippen LogP contribution in [0.3, 0.4) is 0 Å². The minimum Gasteiger partial charge on any atom is -0.383 e. The first-order valence-corrected chi connectivity index (χ1v) is 5.27. The summed E-state index contributed by atoms with van der Waals surface area (Å²) in [7, 11) is 1.59. The van der Waals surface area contributed by atoms with Crippen LogP contribution >= 0.6 is 11.6 Å². The molecule has 0 bridgehead atoms. The maximum Gasteiger partial charge on any atom is 0.220 e. The molecule has 0 aliphatic carbocycles. The summed E-state index contributed by atoms with van der Waals surface area (Å²) >= 11 is 5.67. The summed E-state index contributed by atoms with van der Waals surface area (Å²) in [6, 6.07) is -0.0866. The molecular formula is C10H20ClNO2. The van der Waals surface area contributed by atoms with Gasteiger partial charge in [-0.15, -0.1) is 11.6 Å². The van der Waals surface area contributed by atoms with Crippen molar-refractivity contribution in [2.45, 2.75) is 33.2 Å². The normalized spacial score (nSPS) is 13.8. The minimum atomic E-state index is -0.0866. The summed E-state index contributed by atoms with van der Waals surface area (Å²) in [6.45, 7) is 6.54. The van der Waals surface area contributed by atoms with Gasteiger partial charge in [-0.2, -0.15) is 0 Å². The van der Waals surface area contributed by atoms with Gasteiger partial charge in [-0.25, -0.2) is 0 Å². The smallest absolute Gasteiger partial charge is 0.220 e. The topological polar surface area (TPSA) is 38.3 Å². The molecule has 0 saturated heterocycles. The van der Waals surface area contributed by atoms with Gasteiger partial charge in [-0.05, 0) is 5.41 Å². The van der Waals surface area contributed by atoms with E-state index in [-0.39, 0.29) is 17.4 Å². The second kappa shape index (κ2) is 6.25. The highest BCUT2D eigenvalue weighted by atomic mass is 35.5. The molecule has 1 atom stereocenters. The fourth-order valence-corrected chi connectivity index (χ4v) is 1.25. The molecule has 1 N–H and O–H groups in total. The molecule has 0 aliphatic heterocycles. The van der Waals surface area contributed by atoms with Gasteiger partial charge in [0.1, 0.15) is 0 Å². The van der Waals surface area contributed by atoms with Gasteiger partial charge in [0.2, 0.25) is 5.91 Å². The molecule has 0 spiro atoms. The summed E-state index contributed by atoms with van der Waals surface area (Å²) in [6.07, 6.45) is 0.504. The summed E-state index contributed by atoms with van der Waals surface area (Å²) in [4.78, 5) is 11.5. The number of hydrogen-bond donors (Lipinski definition) is 1. The van der Waals surface area contributed by atoms with Crippen LogP contribution in [-0.4, -0.2) is 31.5 Å². The van der Waals surface area contributed by atoms with E-state index in [0.29, 0.717) is 18.9 Å². The van der Waals surface area contributed by atoms with Crippen LogP contribution in [0.25, 0.3) is 0 Å². The predicted molar refractivity (Wildman–Crippen MR) is 58.6 cm³/mol. The number of ether oxygens (including phenoxy) is 1. The third-order valence-electron chi connectivity index (χ3n) is 1.61. The van der Waals surface area contributed by atoms with E-state index in [1.54, 1.807) is 7.11 Å². The standard InChI is InChI=1S/C10H20ClNO2/c1-10(2,3)5-9(13)12-8(6-11)7-14-4/h8H,5-7H2,1-4H3,(H,12,13). The lowest BCUT2D eigenvalue weighted by atomic mass is 9.92. The van der Waals surface area contributed by atoms with Crippen LogP contribution in [0.2, 0.25) is 0 Å². The zero-order chi connectivity index (χ0) is 11.2. The van der Waals surface area contributed by atoms with Crippen LogP contribution in [0.1, 0.15) is 27.2 Å². The van der Waals surface area contributed by atoms with Gasteiger partial charge < -0.3 is 10.1 Å². The summed E-state index contributed by atoms with van der Waals surface area (Å²) in [5, 5.41) is 2.83. The van der Waals surface area contributed by atoms with Gasteiger partial charge in [0, 0.05) is 19.4 Å². The van der Waals surface area contributed by atoms with E-state index in [0.717, 1.165) is 0 Å². The quantitative estimate of drug-likeness (QED) is 0.719. The van der Waals surface area contributed by atoms with Crippen LogP contribution in [0.5, 0.6) is 0 Å². The Kier molecular flexibility index (Phi) is 6.12. The van der Waals surface area contributed by atoms with Crippen molar-refractivity contribution in [1.29, 1.82) is 0 Å². The van der Waals surface area contributed by atoms with Crippen molar-refractivity contribution in [1.82, 2.24) is 5.32 Å². The van der Waals surface area contributed by atoms with Crippen LogP contribution in [0.15, 0.2) is 0 Å². The van der Waals surface area contributed by atoms with E-state index in [2.05, 4.69) is 5.32 Å². The molecule has 0 radical (unpaired) electrons. The Bertz CT molecular complexity index is 177. The molecule has 1 amide bonds. The molecule has 84 valence electrons. The number of carbonyl (C=O) groups is 1. The first-order valence-electron chi connectivity index (χ1n) is 4.73. The molecule has 0 heterocycles. The molecule has 0 aromatic rings. The Balaban J connectivity index is 3.91. The van der Waals surface area contributed by atoms with Gasteiger partial charge >= 0.3 is 0 Å². The van der Waals surface area contributed by atoms with E-state index in [9.17, 15) is 4.79 Å². The van der Waals surface area contributed by atoms with Crippen molar-refractivity contribution in [3.05, 3.63) is 0 Å². The van der Waals surface area contributed by atoms with Crippen molar-refractivity contribution >= 4 is 17.5 Å². The van der Waals surface area contributed by atoms with E-state index < -0.39 is 0 Å². The highest BCUT2D eigenvalue weighted by Crippen LogP contribution is 2.17. The average Bonchev–Trinajstić information content (AvgIpc) is 2.00. The molecule has 0 aliphatic rings. The van der Waals surface area contributed by atoms with E-state index >= 15 is 0 Å². The Morgan fingerprint density at radius 2 is 2.07 bits per heavy atom. The molecule has 0 fully saturated rings. The number of hydrogen-bond acceptors (Lipinski definition) is 2. The second-order valence-corrected chi connectivity index (χ2v) is 4.92. The van der Waals surface area contributed by atoms with Gasteiger partial charge in [-0.3, -0.25) is 4.79 Å².